The molecule has 0 aliphatic rings. The highest BCUT2D eigenvalue weighted by atomic mass is 127. The van der Waals surface area contributed by atoms with Crippen LogP contribution in [0.4, 0.5) is 0 Å². The molecule has 0 heterocycles. The van der Waals surface area contributed by atoms with Crippen LogP contribution in [0.5, 0.6) is 0 Å². The van der Waals surface area contributed by atoms with Crippen molar-refractivity contribution < 1.29 is 4.18 Å². The summed E-state index contributed by atoms with van der Waals surface area (Å²) in [7, 11) is 1.62. The first-order valence-corrected chi connectivity index (χ1v) is 8.51. The zero-order valence-corrected chi connectivity index (χ0v) is 8.84. The Hall–Kier alpha value is 1.70. The molecular weight excluding hydrogens is 283 g/mol. The molecule has 7 heavy (non-hydrogen) atoms. The van der Waals surface area contributed by atoms with Crippen molar-refractivity contribution in [1.29, 1.82) is 0 Å². The lowest BCUT2D eigenvalue weighted by Crippen LogP contribution is -1.76. The van der Waals surface area contributed by atoms with Crippen LogP contribution >= 0.6 is 21.2 Å². The third-order valence-corrected chi connectivity index (χ3v) is 12.7. The Labute approximate surface area is 67.6 Å². The summed E-state index contributed by atoms with van der Waals surface area (Å²) in [6.07, 6.45) is 0. The molecule has 0 saturated heterocycles. The first-order chi connectivity index (χ1) is 3.18. The molecule has 0 aliphatic carbocycles. The molecule has 0 amide bonds. The van der Waals surface area contributed by atoms with Crippen LogP contribution in [-0.2, 0) is 40.0 Å². The van der Waals surface area contributed by atoms with Gasteiger partial charge in [0.15, 0.2) is 0 Å². The third-order valence-electron chi connectivity index (χ3n) is 0.238. The van der Waals surface area contributed by atoms with Gasteiger partial charge in [0.2, 0.25) is 0 Å². The van der Waals surface area contributed by atoms with Crippen LogP contribution < -0.4 is 0 Å². The third kappa shape index (κ3) is 4.22. The van der Waals surface area contributed by atoms with Gasteiger partial charge in [0.25, 0.3) is 0 Å². The van der Waals surface area contributed by atoms with E-state index in [0.29, 0.717) is 0 Å². The molecule has 0 radical (unpaired) electrons. The minimum absolute atomic E-state index is 0.201. The fourth-order valence-corrected chi connectivity index (χ4v) is 1.50. The van der Waals surface area contributed by atoms with Crippen LogP contribution in [0.1, 0.15) is 0 Å². The molecule has 1 nitrogen and oxygen atoms in total. The van der Waals surface area contributed by atoms with E-state index in [9.17, 15) is 0 Å². The minimum Gasteiger partial charge on any atom is -0.307 e. The van der Waals surface area contributed by atoms with Gasteiger partial charge in [-0.15, -0.1) is 0 Å². The molecule has 1 atom stereocenters. The molecule has 0 saturated carbocycles. The molecule has 0 spiro atoms. The van der Waals surface area contributed by atoms with Gasteiger partial charge in [0, 0.05) is 21.2 Å². The maximum Gasteiger partial charge on any atom is 0.0715 e. The Morgan fingerprint density at radius 1 is 1.57 bits per heavy atom. The quantitative estimate of drug-likeness (QED) is 0.525. The monoisotopic (exact) mass is 286 g/mol. The number of hydrogen-bond acceptors (Lipinski definition) is 3. The average molecular weight is 286 g/mol. The van der Waals surface area contributed by atoms with Crippen LogP contribution in [0.3, 0.4) is 0 Å². The van der Waals surface area contributed by atoms with Crippen LogP contribution in [0, 0.1) is 0 Å². The molecule has 0 N–H and O–H groups in total. The number of halogens is 1. The minimum atomic E-state index is -0.401. The standard InChI is InChI=1S/CH3IOS4/c1-3-6(2)7(4)5/h1H3. The van der Waals surface area contributed by atoms with E-state index in [-0.39, 0.29) is 6.91 Å². The Balaban J connectivity index is 4.33. The van der Waals surface area contributed by atoms with E-state index in [2.05, 4.69) is 21.2 Å². The summed E-state index contributed by atoms with van der Waals surface area (Å²) in [5.74, 6) is 0. The molecule has 0 aromatic rings. The molecule has 0 aromatic carbocycles. The van der Waals surface area contributed by atoms with Gasteiger partial charge in [0.05, 0.1) is 14.0 Å². The first kappa shape index (κ1) is 8.70. The first-order valence-electron chi connectivity index (χ1n) is 1.23. The summed E-state index contributed by atoms with van der Waals surface area (Å²) in [6.45, 7) is -0.603. The maximum absolute atomic E-state index is 4.83. The topological polar surface area (TPSA) is 9.23 Å². The molecule has 0 aromatic heterocycles. The number of hydrogen-bond donors (Lipinski definition) is 0. The lowest BCUT2D eigenvalue weighted by molar-refractivity contribution is 0.494. The second kappa shape index (κ2) is 4.57. The Morgan fingerprint density at radius 2 is 2.00 bits per heavy atom. The van der Waals surface area contributed by atoms with Crippen molar-refractivity contribution in [2.75, 3.05) is 7.11 Å². The van der Waals surface area contributed by atoms with Gasteiger partial charge in [-0.1, -0.05) is 0 Å². The molecular formula is CH3IOS4. The number of rotatable bonds is 1. The van der Waals surface area contributed by atoms with Gasteiger partial charge in [-0.25, -0.2) is 0 Å². The second-order valence-corrected chi connectivity index (χ2v) is 11.7. The van der Waals surface area contributed by atoms with E-state index in [1.807, 2.05) is 0 Å². The molecule has 0 fully saturated rings. The summed E-state index contributed by atoms with van der Waals surface area (Å²) in [5.41, 5.74) is 0. The van der Waals surface area contributed by atoms with E-state index in [0.717, 1.165) is 0 Å². The molecule has 0 aliphatic heterocycles. The zero-order valence-electron chi connectivity index (χ0n) is 3.42. The molecule has 0 rings (SSSR count). The van der Waals surface area contributed by atoms with Crippen molar-refractivity contribution in [3.63, 3.8) is 0 Å². The van der Waals surface area contributed by atoms with Crippen molar-refractivity contribution in [3.8, 4) is 0 Å². The lowest BCUT2D eigenvalue weighted by atomic mass is 11.8. The SMILES string of the molecule is COS(I)=S(=S)=S. The van der Waals surface area contributed by atoms with Crippen LogP contribution in [0.15, 0.2) is 0 Å². The van der Waals surface area contributed by atoms with E-state index >= 15 is 0 Å². The zero-order chi connectivity index (χ0) is 5.86. The maximum atomic E-state index is 4.83. The van der Waals surface area contributed by atoms with E-state index in [4.69, 9.17) is 26.6 Å². The van der Waals surface area contributed by atoms with Crippen molar-refractivity contribution in [3.05, 3.63) is 0 Å². The summed E-state index contributed by atoms with van der Waals surface area (Å²) in [4.78, 5) is 0. The molecule has 6 heteroatoms. The normalized spacial score (nSPS) is 13.4. The Kier molecular flexibility index (Phi) is 5.68. The highest BCUT2D eigenvalue weighted by Gasteiger charge is 1.76. The van der Waals surface area contributed by atoms with Gasteiger partial charge in [-0.2, -0.15) is 0 Å². The predicted molar refractivity (Wildman–Crippen MR) is 50.5 cm³/mol. The molecule has 0 bridgehead atoms. The van der Waals surface area contributed by atoms with Gasteiger partial charge in [0.1, 0.15) is 0 Å². The summed E-state index contributed by atoms with van der Waals surface area (Å²) >= 11 is 11.6. The van der Waals surface area contributed by atoms with E-state index in [1.165, 1.54) is 0 Å². The second-order valence-electron chi connectivity index (χ2n) is 0.565. The summed E-state index contributed by atoms with van der Waals surface area (Å²) in [6, 6.07) is 0. The van der Waals surface area contributed by atoms with Crippen LogP contribution in [0.25, 0.3) is 0 Å². The van der Waals surface area contributed by atoms with E-state index in [1.54, 1.807) is 7.11 Å². The fraction of sp³-hybridized carbons (Fsp3) is 1.00. The predicted octanol–water partition coefficient (Wildman–Crippen LogP) is 0.973. The average Bonchev–Trinajstić information content (AvgIpc) is 1.65. The van der Waals surface area contributed by atoms with Crippen molar-refractivity contribution in [2.45, 2.75) is 0 Å². The van der Waals surface area contributed by atoms with Gasteiger partial charge < -0.3 is 4.18 Å². The van der Waals surface area contributed by atoms with E-state index < -0.39 is 6.57 Å². The smallest absolute Gasteiger partial charge is 0.0715 e. The van der Waals surface area contributed by atoms with Gasteiger partial charge in [-0.3, -0.25) is 0 Å². The molecule has 1 unspecified atom stereocenters. The fourth-order valence-electron chi connectivity index (χ4n) is 0.0556. The van der Waals surface area contributed by atoms with Gasteiger partial charge >= 0.3 is 0 Å². The van der Waals surface area contributed by atoms with Crippen molar-refractivity contribution >= 4 is 57.1 Å². The highest BCUT2D eigenvalue weighted by Crippen LogP contribution is 1.94. The summed E-state index contributed by atoms with van der Waals surface area (Å²) in [5, 5.41) is 0. The van der Waals surface area contributed by atoms with Crippen LogP contribution in [0.2, 0.25) is 0 Å². The summed E-state index contributed by atoms with van der Waals surface area (Å²) < 4.78 is 4.83. The van der Waals surface area contributed by atoms with Crippen molar-refractivity contribution in [1.82, 2.24) is 0 Å². The van der Waals surface area contributed by atoms with Crippen molar-refractivity contribution in [2.24, 2.45) is 0 Å². The Morgan fingerprint density at radius 3 is 2.00 bits per heavy atom. The Bertz CT molecular complexity index is 158. The van der Waals surface area contributed by atoms with Gasteiger partial charge in [-0.05, 0) is 28.9 Å². The highest BCUT2D eigenvalue weighted by molar-refractivity contribution is 14.2. The van der Waals surface area contributed by atoms with Crippen LogP contribution in [-0.4, -0.2) is 7.11 Å². The molecule has 44 valence electrons. The largest absolute Gasteiger partial charge is 0.307 e. The lowest BCUT2D eigenvalue weighted by Gasteiger charge is -1.84.